The molecule has 0 aromatic carbocycles. The first-order valence-corrected chi connectivity index (χ1v) is 8.47. The van der Waals surface area contributed by atoms with Gasteiger partial charge in [-0.25, -0.2) is 0 Å². The minimum atomic E-state index is -0.0674. The molecule has 1 amide bonds. The van der Waals surface area contributed by atoms with Crippen LogP contribution in [0.5, 0.6) is 0 Å². The van der Waals surface area contributed by atoms with Crippen molar-refractivity contribution in [3.63, 3.8) is 0 Å². The fourth-order valence-corrected chi connectivity index (χ4v) is 2.96. The summed E-state index contributed by atoms with van der Waals surface area (Å²) >= 11 is 0. The van der Waals surface area contributed by atoms with E-state index in [9.17, 15) is 4.79 Å². The molecular formula is C16H29N5O2. The number of piperidine rings is 1. The number of hydrogen-bond donors (Lipinski definition) is 1. The molecule has 0 bridgehead atoms. The lowest BCUT2D eigenvalue weighted by molar-refractivity contribution is -0.126. The van der Waals surface area contributed by atoms with Crippen molar-refractivity contribution in [2.24, 2.45) is 13.0 Å². The Hall–Kier alpha value is -1.47. The molecule has 1 N–H and O–H groups in total. The maximum Gasteiger partial charge on any atom is 0.246 e. The molecule has 2 rings (SSSR count). The molecule has 0 saturated carbocycles. The average molecular weight is 323 g/mol. The molecule has 7 heteroatoms. The van der Waals surface area contributed by atoms with E-state index in [1.54, 1.807) is 10.9 Å². The van der Waals surface area contributed by atoms with Crippen molar-refractivity contribution >= 4 is 5.91 Å². The van der Waals surface area contributed by atoms with Gasteiger partial charge in [0.25, 0.3) is 0 Å². The lowest BCUT2D eigenvalue weighted by Gasteiger charge is -2.36. The first-order valence-electron chi connectivity index (χ1n) is 8.47. The molecule has 1 aromatic heterocycles. The van der Waals surface area contributed by atoms with Crippen molar-refractivity contribution < 1.29 is 9.53 Å². The summed E-state index contributed by atoms with van der Waals surface area (Å²) in [6, 6.07) is 0.453. The van der Waals surface area contributed by atoms with E-state index in [0.717, 1.165) is 19.5 Å². The van der Waals surface area contributed by atoms with E-state index in [1.165, 1.54) is 12.8 Å². The van der Waals surface area contributed by atoms with Crippen LogP contribution in [0.4, 0.5) is 0 Å². The third-order valence-corrected chi connectivity index (χ3v) is 4.15. The molecule has 1 aliphatic heterocycles. The number of carbonyl (C=O) groups is 1. The summed E-state index contributed by atoms with van der Waals surface area (Å²) in [5.41, 5.74) is 0. The summed E-state index contributed by atoms with van der Waals surface area (Å²) in [5.74, 6) is 1.30. The summed E-state index contributed by atoms with van der Waals surface area (Å²) in [7, 11) is 1.85. The summed E-state index contributed by atoms with van der Waals surface area (Å²) in [4.78, 5) is 14.4. The highest BCUT2D eigenvalue weighted by molar-refractivity contribution is 5.77. The number of likely N-dealkylation sites (tertiary alicyclic amines) is 1. The number of ether oxygens (including phenoxy) is 1. The number of aryl methyl sites for hydroxylation is 1. The Morgan fingerprint density at radius 1 is 1.48 bits per heavy atom. The van der Waals surface area contributed by atoms with Gasteiger partial charge in [0.15, 0.2) is 5.82 Å². The normalized spacial score (nSPS) is 19.2. The summed E-state index contributed by atoms with van der Waals surface area (Å²) in [5, 5.41) is 10.7. The number of nitrogens with zero attached hydrogens (tertiary/aromatic N) is 4. The minimum absolute atomic E-state index is 0.0593. The molecule has 0 aliphatic carbocycles. The number of nitrogens with one attached hydrogen (secondary N) is 1. The van der Waals surface area contributed by atoms with Gasteiger partial charge in [0.2, 0.25) is 5.91 Å². The van der Waals surface area contributed by atoms with Crippen LogP contribution in [0.15, 0.2) is 6.33 Å². The van der Waals surface area contributed by atoms with E-state index >= 15 is 0 Å². The minimum Gasteiger partial charge on any atom is -0.364 e. The SMILES string of the molecule is CC(C)CN1CCCCC1CNC(=O)COCc1nncn1C. The predicted octanol–water partition coefficient (Wildman–Crippen LogP) is 0.958. The largest absolute Gasteiger partial charge is 0.364 e. The van der Waals surface area contributed by atoms with Crippen LogP contribution in [-0.4, -0.2) is 57.9 Å². The number of hydrogen-bond acceptors (Lipinski definition) is 5. The Morgan fingerprint density at radius 3 is 3.00 bits per heavy atom. The molecule has 1 unspecified atom stereocenters. The maximum absolute atomic E-state index is 11.9. The Labute approximate surface area is 138 Å². The smallest absolute Gasteiger partial charge is 0.246 e. The van der Waals surface area contributed by atoms with E-state index in [2.05, 4.69) is 34.3 Å². The van der Waals surface area contributed by atoms with Gasteiger partial charge in [-0.15, -0.1) is 10.2 Å². The maximum atomic E-state index is 11.9. The highest BCUT2D eigenvalue weighted by Gasteiger charge is 2.23. The molecular weight excluding hydrogens is 294 g/mol. The van der Waals surface area contributed by atoms with Crippen LogP contribution >= 0.6 is 0 Å². The van der Waals surface area contributed by atoms with Crippen molar-refractivity contribution in [3.8, 4) is 0 Å². The monoisotopic (exact) mass is 323 g/mol. The Bertz CT molecular complexity index is 489. The average Bonchev–Trinajstić information content (AvgIpc) is 2.91. The highest BCUT2D eigenvalue weighted by Crippen LogP contribution is 2.17. The van der Waals surface area contributed by atoms with Gasteiger partial charge in [-0.1, -0.05) is 20.3 Å². The number of amides is 1. The Balaban J connectivity index is 1.67. The van der Waals surface area contributed by atoms with Crippen molar-refractivity contribution in [2.75, 3.05) is 26.2 Å². The van der Waals surface area contributed by atoms with E-state index in [-0.39, 0.29) is 12.5 Å². The third kappa shape index (κ3) is 5.91. The highest BCUT2D eigenvalue weighted by atomic mass is 16.5. The molecule has 1 aliphatic rings. The Morgan fingerprint density at radius 2 is 2.30 bits per heavy atom. The summed E-state index contributed by atoms with van der Waals surface area (Å²) < 4.78 is 7.18. The topological polar surface area (TPSA) is 72.3 Å². The van der Waals surface area contributed by atoms with E-state index in [4.69, 9.17) is 4.74 Å². The zero-order valence-corrected chi connectivity index (χ0v) is 14.5. The van der Waals surface area contributed by atoms with Crippen LogP contribution in [0.2, 0.25) is 0 Å². The van der Waals surface area contributed by atoms with E-state index in [1.807, 2.05) is 7.05 Å². The van der Waals surface area contributed by atoms with E-state index < -0.39 is 0 Å². The standard InChI is InChI=1S/C16H29N5O2/c1-13(2)9-21-7-5-4-6-14(21)8-17-16(22)11-23-10-15-19-18-12-20(15)3/h12-14H,4-11H2,1-3H3,(H,17,22). The quantitative estimate of drug-likeness (QED) is 0.771. The van der Waals surface area contributed by atoms with Gasteiger partial charge in [-0.2, -0.15) is 0 Å². The van der Waals surface area contributed by atoms with Crippen LogP contribution in [0, 0.1) is 5.92 Å². The summed E-state index contributed by atoms with van der Waals surface area (Å²) in [6.45, 7) is 7.79. The van der Waals surface area contributed by atoms with Gasteiger partial charge < -0.3 is 14.6 Å². The van der Waals surface area contributed by atoms with Crippen LogP contribution in [-0.2, 0) is 23.2 Å². The first-order chi connectivity index (χ1) is 11.1. The second kappa shape index (κ2) is 8.98. The van der Waals surface area contributed by atoms with Crippen molar-refractivity contribution in [2.45, 2.75) is 45.8 Å². The third-order valence-electron chi connectivity index (χ3n) is 4.15. The molecule has 0 radical (unpaired) electrons. The van der Waals surface area contributed by atoms with Gasteiger partial charge in [0.1, 0.15) is 19.5 Å². The van der Waals surface area contributed by atoms with Gasteiger partial charge in [0, 0.05) is 26.2 Å². The van der Waals surface area contributed by atoms with Crippen molar-refractivity contribution in [1.82, 2.24) is 25.0 Å². The zero-order chi connectivity index (χ0) is 16.7. The second-order valence-corrected chi connectivity index (χ2v) is 6.69. The number of carbonyl (C=O) groups excluding carboxylic acids is 1. The number of aromatic nitrogens is 3. The molecule has 1 saturated heterocycles. The van der Waals surface area contributed by atoms with Gasteiger partial charge >= 0.3 is 0 Å². The van der Waals surface area contributed by atoms with Gasteiger partial charge in [-0.05, 0) is 25.3 Å². The molecule has 130 valence electrons. The van der Waals surface area contributed by atoms with Crippen LogP contribution < -0.4 is 5.32 Å². The fraction of sp³-hybridized carbons (Fsp3) is 0.812. The lowest BCUT2D eigenvalue weighted by atomic mass is 10.0. The van der Waals surface area contributed by atoms with Crippen molar-refractivity contribution in [1.29, 1.82) is 0 Å². The number of rotatable bonds is 8. The van der Waals surface area contributed by atoms with Crippen LogP contribution in [0.3, 0.4) is 0 Å². The summed E-state index contributed by atoms with van der Waals surface area (Å²) in [6.07, 6.45) is 5.29. The van der Waals surface area contributed by atoms with Crippen LogP contribution in [0.1, 0.15) is 38.9 Å². The lowest BCUT2D eigenvalue weighted by Crippen LogP contribution is -2.48. The molecule has 1 aromatic rings. The van der Waals surface area contributed by atoms with Crippen LogP contribution in [0.25, 0.3) is 0 Å². The zero-order valence-electron chi connectivity index (χ0n) is 14.5. The molecule has 0 spiro atoms. The predicted molar refractivity (Wildman–Crippen MR) is 87.7 cm³/mol. The van der Waals surface area contributed by atoms with E-state index in [0.29, 0.717) is 30.9 Å². The molecule has 1 fully saturated rings. The van der Waals surface area contributed by atoms with Crippen molar-refractivity contribution in [3.05, 3.63) is 12.2 Å². The Kier molecular flexibility index (Phi) is 6.98. The van der Waals surface area contributed by atoms with Gasteiger partial charge in [-0.3, -0.25) is 9.69 Å². The fourth-order valence-electron chi connectivity index (χ4n) is 2.96. The molecule has 1 atom stereocenters. The molecule has 7 nitrogen and oxygen atoms in total. The first kappa shape index (κ1) is 17.9. The molecule has 23 heavy (non-hydrogen) atoms. The second-order valence-electron chi connectivity index (χ2n) is 6.69. The van der Waals surface area contributed by atoms with Gasteiger partial charge in [0.05, 0.1) is 0 Å². The molecule has 2 heterocycles.